The summed E-state index contributed by atoms with van der Waals surface area (Å²) in [6, 6.07) is 9.28. The Balaban J connectivity index is 1.24. The molecule has 0 saturated carbocycles. The van der Waals surface area contributed by atoms with Crippen molar-refractivity contribution in [3.8, 4) is 0 Å². The number of aromatic carboxylic acids is 1. The quantitative estimate of drug-likeness (QED) is 0.516. The Morgan fingerprint density at radius 3 is 2.50 bits per heavy atom. The van der Waals surface area contributed by atoms with E-state index in [0.29, 0.717) is 12.1 Å². The Morgan fingerprint density at radius 1 is 1.06 bits per heavy atom. The minimum atomic E-state index is -1.02. The number of carbonyl (C=O) groups excluding carboxylic acids is 1. The summed E-state index contributed by atoms with van der Waals surface area (Å²) in [5, 5.41) is 13.4. The molecule has 1 saturated heterocycles. The van der Waals surface area contributed by atoms with Gasteiger partial charge in [-0.15, -0.1) is 0 Å². The normalized spacial score (nSPS) is 14.6. The number of aryl methyl sites for hydroxylation is 1. The second-order valence-electron chi connectivity index (χ2n) is 7.97. The zero-order chi connectivity index (χ0) is 22.5. The van der Waals surface area contributed by atoms with Crippen molar-refractivity contribution in [3.63, 3.8) is 0 Å². The molecule has 3 aromatic rings. The number of nitrogens with one attached hydrogen (secondary N) is 1. The summed E-state index contributed by atoms with van der Waals surface area (Å²) in [6.07, 6.45) is 4.41. The first-order valence-electron chi connectivity index (χ1n) is 10.8. The lowest BCUT2D eigenvalue weighted by molar-refractivity contribution is -0.120. The predicted molar refractivity (Wildman–Crippen MR) is 122 cm³/mol. The third-order valence-electron chi connectivity index (χ3n) is 5.93. The summed E-state index contributed by atoms with van der Waals surface area (Å²) in [5.41, 5.74) is 1.54. The highest BCUT2D eigenvalue weighted by molar-refractivity contribution is 6.00. The van der Waals surface area contributed by atoms with Gasteiger partial charge in [0, 0.05) is 68.6 Å². The standard InChI is InChI=1S/C23H28N6O3/c1-27-19-7-3-2-6-17(19)18(21(27)22(31)32)16-20(30)24-10-5-11-28-12-14-29(15-13-28)23-25-8-4-9-26-23/h2-4,6-9H,5,10-16H2,1H3,(H,24,30)(H,31,32). The van der Waals surface area contributed by atoms with E-state index in [2.05, 4.69) is 25.1 Å². The van der Waals surface area contributed by atoms with E-state index >= 15 is 0 Å². The molecule has 1 amide bonds. The molecule has 0 bridgehead atoms. The van der Waals surface area contributed by atoms with E-state index in [0.717, 1.165) is 56.0 Å². The van der Waals surface area contributed by atoms with Crippen LogP contribution in [0.3, 0.4) is 0 Å². The number of hydrogen-bond donors (Lipinski definition) is 2. The molecule has 1 aliphatic rings. The summed E-state index contributed by atoms with van der Waals surface area (Å²) in [6.45, 7) is 5.10. The van der Waals surface area contributed by atoms with Gasteiger partial charge < -0.3 is 19.9 Å². The third-order valence-corrected chi connectivity index (χ3v) is 5.93. The minimum absolute atomic E-state index is 0.0543. The lowest BCUT2D eigenvalue weighted by Crippen LogP contribution is -2.47. The van der Waals surface area contributed by atoms with Crippen LogP contribution in [0.4, 0.5) is 5.95 Å². The number of piperazine rings is 1. The van der Waals surface area contributed by atoms with Crippen molar-refractivity contribution in [2.45, 2.75) is 12.8 Å². The molecule has 1 aliphatic heterocycles. The Hall–Kier alpha value is -3.46. The summed E-state index contributed by atoms with van der Waals surface area (Å²) < 4.78 is 1.64. The molecule has 1 aromatic carbocycles. The minimum Gasteiger partial charge on any atom is -0.477 e. The van der Waals surface area contributed by atoms with Gasteiger partial charge in [-0.1, -0.05) is 18.2 Å². The second-order valence-corrected chi connectivity index (χ2v) is 7.97. The average molecular weight is 437 g/mol. The van der Waals surface area contributed by atoms with Crippen LogP contribution in [0, 0.1) is 0 Å². The van der Waals surface area contributed by atoms with Crippen molar-refractivity contribution in [1.82, 2.24) is 24.8 Å². The van der Waals surface area contributed by atoms with Crippen molar-refractivity contribution < 1.29 is 14.7 Å². The fourth-order valence-electron chi connectivity index (χ4n) is 4.30. The first-order chi connectivity index (χ1) is 15.5. The zero-order valence-corrected chi connectivity index (χ0v) is 18.2. The summed E-state index contributed by atoms with van der Waals surface area (Å²) in [7, 11) is 1.72. The highest BCUT2D eigenvalue weighted by Crippen LogP contribution is 2.26. The molecule has 2 N–H and O–H groups in total. The van der Waals surface area contributed by atoms with Crippen molar-refractivity contribution in [3.05, 3.63) is 54.0 Å². The topological polar surface area (TPSA) is 104 Å². The van der Waals surface area contributed by atoms with E-state index in [-0.39, 0.29) is 18.0 Å². The molecule has 4 rings (SSSR count). The number of carbonyl (C=O) groups is 2. The van der Waals surface area contributed by atoms with Gasteiger partial charge in [-0.3, -0.25) is 9.69 Å². The van der Waals surface area contributed by atoms with Crippen LogP contribution in [-0.4, -0.2) is 75.7 Å². The van der Waals surface area contributed by atoms with Crippen LogP contribution >= 0.6 is 0 Å². The fourth-order valence-corrected chi connectivity index (χ4v) is 4.30. The van der Waals surface area contributed by atoms with E-state index in [1.165, 1.54) is 0 Å². The number of benzene rings is 1. The number of fused-ring (bicyclic) bond motifs is 1. The number of amides is 1. The van der Waals surface area contributed by atoms with E-state index in [9.17, 15) is 14.7 Å². The maximum atomic E-state index is 12.5. The zero-order valence-electron chi connectivity index (χ0n) is 18.2. The lowest BCUT2D eigenvalue weighted by Gasteiger charge is -2.34. The Kier molecular flexibility index (Phi) is 6.65. The number of anilines is 1. The van der Waals surface area contributed by atoms with Crippen LogP contribution in [-0.2, 0) is 18.3 Å². The number of aromatic nitrogens is 3. The summed E-state index contributed by atoms with van der Waals surface area (Å²) in [5.74, 6) is -0.407. The van der Waals surface area contributed by atoms with Crippen LogP contribution in [0.15, 0.2) is 42.7 Å². The predicted octanol–water partition coefficient (Wildman–Crippen LogP) is 1.54. The highest BCUT2D eigenvalue weighted by Gasteiger charge is 2.22. The highest BCUT2D eigenvalue weighted by atomic mass is 16.4. The maximum Gasteiger partial charge on any atom is 0.352 e. The Labute approximate surface area is 186 Å². The van der Waals surface area contributed by atoms with Crippen molar-refractivity contribution in [2.24, 2.45) is 7.05 Å². The fraction of sp³-hybridized carbons (Fsp3) is 0.391. The van der Waals surface area contributed by atoms with Gasteiger partial charge in [0.2, 0.25) is 11.9 Å². The number of carboxylic acid groups (broad SMARTS) is 1. The first kappa shape index (κ1) is 21.8. The lowest BCUT2D eigenvalue weighted by atomic mass is 10.1. The molecule has 0 spiro atoms. The second kappa shape index (κ2) is 9.78. The molecule has 0 radical (unpaired) electrons. The Bertz CT molecular complexity index is 1090. The van der Waals surface area contributed by atoms with E-state index < -0.39 is 5.97 Å². The van der Waals surface area contributed by atoms with Crippen molar-refractivity contribution >= 4 is 28.7 Å². The largest absolute Gasteiger partial charge is 0.477 e. The van der Waals surface area contributed by atoms with E-state index in [1.807, 2.05) is 30.3 Å². The number of hydrogen-bond acceptors (Lipinski definition) is 6. The van der Waals surface area contributed by atoms with Gasteiger partial charge in [-0.25, -0.2) is 14.8 Å². The first-order valence-corrected chi connectivity index (χ1v) is 10.8. The molecule has 0 aliphatic carbocycles. The molecule has 9 nitrogen and oxygen atoms in total. The molecular formula is C23H28N6O3. The third kappa shape index (κ3) is 4.72. The van der Waals surface area contributed by atoms with Gasteiger partial charge in [0.15, 0.2) is 0 Å². The van der Waals surface area contributed by atoms with Gasteiger partial charge in [0.1, 0.15) is 5.69 Å². The molecule has 32 heavy (non-hydrogen) atoms. The smallest absolute Gasteiger partial charge is 0.352 e. The van der Waals surface area contributed by atoms with Gasteiger partial charge in [-0.2, -0.15) is 0 Å². The number of nitrogens with zero attached hydrogens (tertiary/aromatic N) is 5. The SMILES string of the molecule is Cn1c(C(=O)O)c(CC(=O)NCCCN2CCN(c3ncccn3)CC2)c2ccccc21. The number of rotatable bonds is 8. The maximum absolute atomic E-state index is 12.5. The molecule has 9 heteroatoms. The van der Waals surface area contributed by atoms with Crippen LogP contribution in [0.25, 0.3) is 10.9 Å². The monoisotopic (exact) mass is 436 g/mol. The van der Waals surface area contributed by atoms with E-state index in [1.54, 1.807) is 24.0 Å². The van der Waals surface area contributed by atoms with Gasteiger partial charge in [0.25, 0.3) is 0 Å². The summed E-state index contributed by atoms with van der Waals surface area (Å²) in [4.78, 5) is 37.5. The van der Waals surface area contributed by atoms with Gasteiger partial charge in [0.05, 0.1) is 6.42 Å². The van der Waals surface area contributed by atoms with Gasteiger partial charge in [-0.05, 0) is 25.1 Å². The van der Waals surface area contributed by atoms with Crippen molar-refractivity contribution in [1.29, 1.82) is 0 Å². The van der Waals surface area contributed by atoms with Crippen molar-refractivity contribution in [2.75, 3.05) is 44.2 Å². The number of carboxylic acids is 1. The van der Waals surface area contributed by atoms with Crippen LogP contribution in [0.1, 0.15) is 22.5 Å². The molecule has 168 valence electrons. The van der Waals surface area contributed by atoms with Crippen LogP contribution in [0.5, 0.6) is 0 Å². The molecule has 2 aromatic heterocycles. The molecule has 1 fully saturated rings. The molecular weight excluding hydrogens is 408 g/mol. The van der Waals surface area contributed by atoms with Crippen LogP contribution < -0.4 is 10.2 Å². The molecule has 3 heterocycles. The average Bonchev–Trinajstić information content (AvgIpc) is 3.09. The Morgan fingerprint density at radius 2 is 1.78 bits per heavy atom. The molecule has 0 unspecified atom stereocenters. The van der Waals surface area contributed by atoms with E-state index in [4.69, 9.17) is 0 Å². The summed E-state index contributed by atoms with van der Waals surface area (Å²) >= 11 is 0. The van der Waals surface area contributed by atoms with Gasteiger partial charge >= 0.3 is 5.97 Å². The number of para-hydroxylation sites is 1. The van der Waals surface area contributed by atoms with Crippen LogP contribution in [0.2, 0.25) is 0 Å². The molecule has 0 atom stereocenters.